The van der Waals surface area contributed by atoms with Crippen LogP contribution in [-0.4, -0.2) is 18.2 Å². The maximum Gasteiger partial charge on any atom is 0.308 e. The average Bonchev–Trinajstić information content (AvgIpc) is 2.90. The molecule has 0 aromatic carbocycles. The zero-order valence-corrected chi connectivity index (χ0v) is 11.5. The molecule has 4 heteroatoms. The van der Waals surface area contributed by atoms with Crippen LogP contribution in [0.2, 0.25) is 0 Å². The summed E-state index contributed by atoms with van der Waals surface area (Å²) in [5, 5.41) is 4.24. The molecular weight excluding hydrogens is 242 g/mol. The highest BCUT2D eigenvalue weighted by Crippen LogP contribution is 2.39. The summed E-state index contributed by atoms with van der Waals surface area (Å²) >= 11 is 0. The lowest BCUT2D eigenvalue weighted by atomic mass is 9.79. The second-order valence-electron chi connectivity index (χ2n) is 5.75. The summed E-state index contributed by atoms with van der Waals surface area (Å²) in [4.78, 5) is 11.5. The number of hydrogen-bond acceptors (Lipinski definition) is 4. The van der Waals surface area contributed by atoms with Crippen LogP contribution < -0.4 is 0 Å². The zero-order valence-electron chi connectivity index (χ0n) is 11.5. The number of aryl methyl sites for hydroxylation is 1. The number of ether oxygens (including phenoxy) is 1. The Labute approximate surface area is 113 Å². The van der Waals surface area contributed by atoms with Crippen LogP contribution in [0.4, 0.5) is 0 Å². The van der Waals surface area contributed by atoms with E-state index in [-0.39, 0.29) is 11.9 Å². The fourth-order valence-corrected chi connectivity index (χ4v) is 3.49. The van der Waals surface area contributed by atoms with Gasteiger partial charge in [0.05, 0.1) is 18.7 Å². The molecule has 0 atom stereocenters. The monoisotopic (exact) mass is 263 g/mol. The van der Waals surface area contributed by atoms with Crippen LogP contribution >= 0.6 is 0 Å². The molecule has 1 fully saturated rings. The first-order valence-corrected chi connectivity index (χ1v) is 7.34. The molecule has 0 bridgehead atoms. The topological polar surface area (TPSA) is 52.3 Å². The Bertz CT molecular complexity index is 458. The maximum absolute atomic E-state index is 11.5. The van der Waals surface area contributed by atoms with E-state index >= 15 is 0 Å². The standard InChI is InChI=1S/C15H21NO3/c1-18-15(17)11-8-6-10(7-9-11)14-12-4-2-3-5-13(12)16-19-14/h10-11H,2-9H2,1H3/t10-,11-. The molecule has 0 spiro atoms. The molecule has 104 valence electrons. The molecule has 0 saturated heterocycles. The Hall–Kier alpha value is -1.32. The minimum Gasteiger partial charge on any atom is -0.469 e. The van der Waals surface area contributed by atoms with Gasteiger partial charge in [-0.15, -0.1) is 0 Å². The molecule has 0 amide bonds. The molecule has 0 radical (unpaired) electrons. The molecule has 4 nitrogen and oxygen atoms in total. The summed E-state index contributed by atoms with van der Waals surface area (Å²) in [5.41, 5.74) is 2.55. The van der Waals surface area contributed by atoms with Gasteiger partial charge in [0.15, 0.2) is 0 Å². The first kappa shape index (κ1) is 12.7. The minimum atomic E-state index is -0.0574. The molecule has 1 heterocycles. The van der Waals surface area contributed by atoms with Gasteiger partial charge < -0.3 is 9.26 Å². The summed E-state index contributed by atoms with van der Waals surface area (Å²) in [6.07, 6.45) is 8.51. The Morgan fingerprint density at radius 3 is 2.68 bits per heavy atom. The summed E-state index contributed by atoms with van der Waals surface area (Å²) < 4.78 is 10.4. The predicted molar refractivity (Wildman–Crippen MR) is 69.9 cm³/mol. The molecule has 0 N–H and O–H groups in total. The van der Waals surface area contributed by atoms with Crippen molar-refractivity contribution >= 4 is 5.97 Å². The Morgan fingerprint density at radius 1 is 1.21 bits per heavy atom. The molecule has 2 aliphatic rings. The van der Waals surface area contributed by atoms with Gasteiger partial charge in [-0.3, -0.25) is 4.79 Å². The van der Waals surface area contributed by atoms with Gasteiger partial charge in [-0.25, -0.2) is 0 Å². The van der Waals surface area contributed by atoms with E-state index in [1.54, 1.807) is 0 Å². The molecule has 1 aromatic heterocycles. The van der Waals surface area contributed by atoms with E-state index in [1.807, 2.05) is 0 Å². The number of nitrogens with zero attached hydrogens (tertiary/aromatic N) is 1. The number of fused-ring (bicyclic) bond motifs is 1. The van der Waals surface area contributed by atoms with Crippen LogP contribution in [0.5, 0.6) is 0 Å². The number of carbonyl (C=O) groups excluding carboxylic acids is 1. The van der Waals surface area contributed by atoms with Crippen molar-refractivity contribution in [1.29, 1.82) is 0 Å². The Kier molecular flexibility index (Phi) is 3.58. The van der Waals surface area contributed by atoms with Crippen LogP contribution in [-0.2, 0) is 22.4 Å². The largest absolute Gasteiger partial charge is 0.469 e. The highest BCUT2D eigenvalue weighted by atomic mass is 16.5. The van der Waals surface area contributed by atoms with Crippen molar-refractivity contribution in [1.82, 2.24) is 5.16 Å². The molecule has 1 saturated carbocycles. The molecular formula is C15H21NO3. The van der Waals surface area contributed by atoms with Crippen molar-refractivity contribution < 1.29 is 14.1 Å². The lowest BCUT2D eigenvalue weighted by Crippen LogP contribution is -2.22. The maximum atomic E-state index is 11.5. The summed E-state index contributed by atoms with van der Waals surface area (Å²) in [5.74, 6) is 1.59. The van der Waals surface area contributed by atoms with E-state index in [1.165, 1.54) is 31.2 Å². The van der Waals surface area contributed by atoms with Crippen molar-refractivity contribution in [3.05, 3.63) is 17.0 Å². The highest BCUT2D eigenvalue weighted by molar-refractivity contribution is 5.72. The molecule has 3 rings (SSSR count). The Morgan fingerprint density at radius 2 is 1.95 bits per heavy atom. The normalized spacial score (nSPS) is 26.8. The van der Waals surface area contributed by atoms with Gasteiger partial charge in [0.1, 0.15) is 5.76 Å². The van der Waals surface area contributed by atoms with Crippen LogP contribution in [0.3, 0.4) is 0 Å². The number of rotatable bonds is 2. The van der Waals surface area contributed by atoms with E-state index < -0.39 is 0 Å². The molecule has 0 aliphatic heterocycles. The second kappa shape index (κ2) is 5.35. The van der Waals surface area contributed by atoms with Crippen molar-refractivity contribution in [2.45, 2.75) is 57.3 Å². The SMILES string of the molecule is COC(=O)[C@H]1CC[C@H](c2onc3c2CCCC3)CC1. The second-order valence-corrected chi connectivity index (χ2v) is 5.75. The summed E-state index contributed by atoms with van der Waals surface area (Å²) in [7, 11) is 1.47. The fourth-order valence-electron chi connectivity index (χ4n) is 3.49. The summed E-state index contributed by atoms with van der Waals surface area (Å²) in [6, 6.07) is 0. The van der Waals surface area contributed by atoms with E-state index in [0.717, 1.165) is 44.3 Å². The lowest BCUT2D eigenvalue weighted by Gasteiger charge is -2.26. The minimum absolute atomic E-state index is 0.0574. The van der Waals surface area contributed by atoms with E-state index in [4.69, 9.17) is 9.26 Å². The number of aromatic nitrogens is 1. The third-order valence-corrected chi connectivity index (χ3v) is 4.62. The van der Waals surface area contributed by atoms with Gasteiger partial charge in [-0.2, -0.15) is 0 Å². The smallest absolute Gasteiger partial charge is 0.308 e. The van der Waals surface area contributed by atoms with E-state index in [0.29, 0.717) is 5.92 Å². The van der Waals surface area contributed by atoms with Crippen molar-refractivity contribution in [2.24, 2.45) is 5.92 Å². The summed E-state index contributed by atoms with van der Waals surface area (Å²) in [6.45, 7) is 0. The van der Waals surface area contributed by atoms with Gasteiger partial charge in [0.2, 0.25) is 0 Å². The number of methoxy groups -OCH3 is 1. The lowest BCUT2D eigenvalue weighted by molar-refractivity contribution is -0.146. The van der Waals surface area contributed by atoms with Crippen LogP contribution in [0.25, 0.3) is 0 Å². The van der Waals surface area contributed by atoms with Gasteiger partial charge in [-0.1, -0.05) is 5.16 Å². The third-order valence-electron chi connectivity index (χ3n) is 4.62. The number of hydrogen-bond donors (Lipinski definition) is 0. The van der Waals surface area contributed by atoms with Gasteiger partial charge in [-0.05, 0) is 51.4 Å². The van der Waals surface area contributed by atoms with Gasteiger partial charge in [0, 0.05) is 11.5 Å². The third kappa shape index (κ3) is 2.40. The van der Waals surface area contributed by atoms with Crippen LogP contribution in [0.15, 0.2) is 4.52 Å². The van der Waals surface area contributed by atoms with Crippen LogP contribution in [0.1, 0.15) is 61.5 Å². The van der Waals surface area contributed by atoms with E-state index in [9.17, 15) is 4.79 Å². The molecule has 2 aliphatic carbocycles. The van der Waals surface area contributed by atoms with Gasteiger partial charge in [0.25, 0.3) is 0 Å². The first-order valence-electron chi connectivity index (χ1n) is 7.34. The fraction of sp³-hybridized carbons (Fsp3) is 0.733. The highest BCUT2D eigenvalue weighted by Gasteiger charge is 2.32. The van der Waals surface area contributed by atoms with Crippen molar-refractivity contribution in [3.63, 3.8) is 0 Å². The first-order chi connectivity index (χ1) is 9.29. The molecule has 0 unspecified atom stereocenters. The zero-order chi connectivity index (χ0) is 13.2. The number of carbonyl (C=O) groups is 1. The molecule has 19 heavy (non-hydrogen) atoms. The van der Waals surface area contributed by atoms with Gasteiger partial charge >= 0.3 is 5.97 Å². The Balaban J connectivity index is 1.68. The van der Waals surface area contributed by atoms with E-state index in [2.05, 4.69) is 5.16 Å². The molecule has 1 aromatic rings. The quantitative estimate of drug-likeness (QED) is 0.770. The van der Waals surface area contributed by atoms with Crippen molar-refractivity contribution in [3.8, 4) is 0 Å². The number of esters is 1. The average molecular weight is 263 g/mol. The van der Waals surface area contributed by atoms with Crippen molar-refractivity contribution in [2.75, 3.05) is 7.11 Å². The van der Waals surface area contributed by atoms with Crippen LogP contribution in [0, 0.1) is 5.92 Å². The predicted octanol–water partition coefficient (Wildman–Crippen LogP) is 3.00.